The second-order valence-corrected chi connectivity index (χ2v) is 2.13. The molecule has 0 spiro atoms. The van der Waals surface area contributed by atoms with E-state index in [1.54, 1.807) is 0 Å². The smallest absolute Gasteiger partial charge is 0.336 e. The quantitative estimate of drug-likeness (QED) is 0.699. The summed E-state index contributed by atoms with van der Waals surface area (Å²) in [5, 5.41) is 3.37. The predicted octanol–water partition coefficient (Wildman–Crippen LogP) is 1.94. The van der Waals surface area contributed by atoms with Gasteiger partial charge in [0.2, 0.25) is 5.88 Å². The molecule has 0 aliphatic heterocycles. The van der Waals surface area contributed by atoms with Crippen LogP contribution >= 0.6 is 11.6 Å². The summed E-state index contributed by atoms with van der Waals surface area (Å²) in [5.41, 5.74) is 0. The van der Waals surface area contributed by atoms with Crippen LogP contribution in [0.2, 0.25) is 5.02 Å². The fourth-order valence-electron chi connectivity index (χ4n) is 0.660. The highest BCUT2D eigenvalue weighted by molar-refractivity contribution is 6.31. The molecule has 1 aromatic rings. The average Bonchev–Trinajstić information content (AvgIpc) is 2.30. The van der Waals surface area contributed by atoms with Crippen molar-refractivity contribution in [1.29, 1.82) is 0 Å². The van der Waals surface area contributed by atoms with E-state index >= 15 is 0 Å². The molecular formula is C5H5ClF2N2O. The number of ether oxygens (including phenoxy) is 1. The second-order valence-electron chi connectivity index (χ2n) is 1.72. The van der Waals surface area contributed by atoms with Crippen LogP contribution in [0.3, 0.4) is 0 Å². The minimum Gasteiger partial charge on any atom is -0.480 e. The molecule has 0 aliphatic rings. The number of nitrogens with zero attached hydrogens (tertiary/aromatic N) is 2. The SMILES string of the molecule is COc1c(Cl)cnn1C(F)F. The number of hydrogen-bond acceptors (Lipinski definition) is 2. The van der Waals surface area contributed by atoms with Gasteiger partial charge in [-0.15, -0.1) is 0 Å². The van der Waals surface area contributed by atoms with E-state index in [4.69, 9.17) is 11.6 Å². The molecule has 62 valence electrons. The maximum atomic E-state index is 12.0. The Hall–Kier alpha value is -0.840. The van der Waals surface area contributed by atoms with Crippen LogP contribution in [0, 0.1) is 0 Å². The van der Waals surface area contributed by atoms with Crippen LogP contribution in [0.4, 0.5) is 8.78 Å². The number of halogens is 3. The molecule has 0 fully saturated rings. The second kappa shape index (κ2) is 3.04. The van der Waals surface area contributed by atoms with E-state index in [2.05, 4.69) is 9.84 Å². The van der Waals surface area contributed by atoms with Crippen molar-refractivity contribution >= 4 is 11.6 Å². The van der Waals surface area contributed by atoms with Gasteiger partial charge in [-0.25, -0.2) is 0 Å². The molecule has 6 heteroatoms. The monoisotopic (exact) mass is 182 g/mol. The molecule has 1 rings (SSSR count). The van der Waals surface area contributed by atoms with Crippen LogP contribution in [0.1, 0.15) is 6.55 Å². The highest BCUT2D eigenvalue weighted by Crippen LogP contribution is 2.27. The molecule has 0 aliphatic carbocycles. The van der Waals surface area contributed by atoms with Gasteiger partial charge < -0.3 is 4.74 Å². The Morgan fingerprint density at radius 1 is 1.73 bits per heavy atom. The van der Waals surface area contributed by atoms with Crippen molar-refractivity contribution in [2.45, 2.75) is 6.55 Å². The maximum absolute atomic E-state index is 12.0. The average molecular weight is 183 g/mol. The van der Waals surface area contributed by atoms with Gasteiger partial charge in [-0.1, -0.05) is 11.6 Å². The first-order valence-corrected chi connectivity index (χ1v) is 3.09. The third kappa shape index (κ3) is 1.42. The molecule has 11 heavy (non-hydrogen) atoms. The van der Waals surface area contributed by atoms with Crippen LogP contribution in [0.15, 0.2) is 6.20 Å². The van der Waals surface area contributed by atoms with E-state index in [1.165, 1.54) is 7.11 Å². The first-order valence-electron chi connectivity index (χ1n) is 2.72. The molecule has 0 unspecified atom stereocenters. The van der Waals surface area contributed by atoms with Gasteiger partial charge >= 0.3 is 6.55 Å². The van der Waals surface area contributed by atoms with Gasteiger partial charge in [0, 0.05) is 0 Å². The predicted molar refractivity (Wildman–Crippen MR) is 35.0 cm³/mol. The zero-order valence-electron chi connectivity index (χ0n) is 5.59. The highest BCUT2D eigenvalue weighted by Gasteiger charge is 2.15. The third-order valence-electron chi connectivity index (χ3n) is 1.09. The number of aromatic nitrogens is 2. The molecule has 0 atom stereocenters. The van der Waals surface area contributed by atoms with Gasteiger partial charge in [0.25, 0.3) is 0 Å². The minimum absolute atomic E-state index is 0.0767. The van der Waals surface area contributed by atoms with Crippen LogP contribution in [-0.4, -0.2) is 16.9 Å². The van der Waals surface area contributed by atoms with E-state index < -0.39 is 6.55 Å². The Kier molecular flexibility index (Phi) is 2.28. The Labute approximate surface area is 66.5 Å². The van der Waals surface area contributed by atoms with Crippen molar-refractivity contribution in [1.82, 2.24) is 9.78 Å². The molecule has 0 saturated heterocycles. The molecule has 0 amide bonds. The molecule has 0 N–H and O–H groups in total. The lowest BCUT2D eigenvalue weighted by Gasteiger charge is -2.03. The lowest BCUT2D eigenvalue weighted by molar-refractivity contribution is 0.0479. The van der Waals surface area contributed by atoms with Gasteiger partial charge in [0.1, 0.15) is 5.02 Å². The van der Waals surface area contributed by atoms with E-state index in [1.807, 2.05) is 0 Å². The maximum Gasteiger partial charge on any atom is 0.336 e. The van der Waals surface area contributed by atoms with Gasteiger partial charge in [0.05, 0.1) is 13.3 Å². The first-order chi connectivity index (χ1) is 5.16. The van der Waals surface area contributed by atoms with E-state index in [0.717, 1.165) is 6.20 Å². The normalized spacial score (nSPS) is 10.6. The number of rotatable bonds is 2. The zero-order valence-corrected chi connectivity index (χ0v) is 6.35. The summed E-state index contributed by atoms with van der Waals surface area (Å²) >= 11 is 5.45. The summed E-state index contributed by atoms with van der Waals surface area (Å²) in [6, 6.07) is 0. The Morgan fingerprint density at radius 3 is 2.73 bits per heavy atom. The molecule has 0 saturated carbocycles. The Bertz CT molecular complexity index is 251. The summed E-state index contributed by atoms with van der Waals surface area (Å²) in [5.74, 6) is -0.123. The summed E-state index contributed by atoms with van der Waals surface area (Å²) < 4.78 is 29.0. The van der Waals surface area contributed by atoms with Gasteiger partial charge in [-0.2, -0.15) is 18.6 Å². The van der Waals surface area contributed by atoms with E-state index in [-0.39, 0.29) is 10.9 Å². The van der Waals surface area contributed by atoms with Crippen molar-refractivity contribution in [3.8, 4) is 5.88 Å². The van der Waals surface area contributed by atoms with Gasteiger partial charge in [-0.3, -0.25) is 0 Å². The van der Waals surface area contributed by atoms with Crippen molar-refractivity contribution in [2.24, 2.45) is 0 Å². The zero-order chi connectivity index (χ0) is 8.43. The van der Waals surface area contributed by atoms with Gasteiger partial charge in [0.15, 0.2) is 0 Å². The number of alkyl halides is 2. The fourth-order valence-corrected chi connectivity index (χ4v) is 0.867. The molecular weight excluding hydrogens is 178 g/mol. The molecule has 1 heterocycles. The first kappa shape index (κ1) is 8.26. The highest BCUT2D eigenvalue weighted by atomic mass is 35.5. The van der Waals surface area contributed by atoms with Crippen LogP contribution in [-0.2, 0) is 0 Å². The van der Waals surface area contributed by atoms with Crippen molar-refractivity contribution in [3.05, 3.63) is 11.2 Å². The number of methoxy groups -OCH3 is 1. The summed E-state index contributed by atoms with van der Waals surface area (Å²) in [6.07, 6.45) is 1.10. The van der Waals surface area contributed by atoms with Crippen LogP contribution in [0.25, 0.3) is 0 Å². The molecule has 0 radical (unpaired) electrons. The lowest BCUT2D eigenvalue weighted by atomic mass is 10.7. The van der Waals surface area contributed by atoms with E-state index in [9.17, 15) is 8.78 Å². The molecule has 1 aromatic heterocycles. The molecule has 3 nitrogen and oxygen atoms in total. The topological polar surface area (TPSA) is 27.1 Å². The van der Waals surface area contributed by atoms with Gasteiger partial charge in [-0.05, 0) is 0 Å². The van der Waals surface area contributed by atoms with Crippen LogP contribution in [0.5, 0.6) is 5.88 Å². The summed E-state index contributed by atoms with van der Waals surface area (Å²) in [7, 11) is 1.25. The summed E-state index contributed by atoms with van der Waals surface area (Å²) in [6.45, 7) is -2.72. The third-order valence-corrected chi connectivity index (χ3v) is 1.35. The van der Waals surface area contributed by atoms with E-state index in [0.29, 0.717) is 4.68 Å². The van der Waals surface area contributed by atoms with Crippen molar-refractivity contribution in [2.75, 3.05) is 7.11 Å². The molecule has 0 aromatic carbocycles. The fraction of sp³-hybridized carbons (Fsp3) is 0.400. The largest absolute Gasteiger partial charge is 0.480 e. The van der Waals surface area contributed by atoms with Crippen molar-refractivity contribution in [3.63, 3.8) is 0 Å². The van der Waals surface area contributed by atoms with Crippen LogP contribution < -0.4 is 4.74 Å². The Morgan fingerprint density at radius 2 is 2.36 bits per heavy atom. The standard InChI is InChI=1S/C5H5ClF2N2O/c1-11-4-3(6)2-9-10(4)5(7)8/h2,5H,1H3. The van der Waals surface area contributed by atoms with Crippen molar-refractivity contribution < 1.29 is 13.5 Å². The lowest BCUT2D eigenvalue weighted by Crippen LogP contribution is -2.02. The number of hydrogen-bond donors (Lipinski definition) is 0. The molecule has 0 bridgehead atoms. The Balaban J connectivity index is 3.05. The summed E-state index contributed by atoms with van der Waals surface area (Å²) in [4.78, 5) is 0. The minimum atomic E-state index is -2.72.